The van der Waals surface area contributed by atoms with Crippen molar-refractivity contribution in [2.45, 2.75) is 19.6 Å². The summed E-state index contributed by atoms with van der Waals surface area (Å²) in [6.07, 6.45) is 0.790. The first-order valence-electron chi connectivity index (χ1n) is 7.72. The standard InChI is InChI=1S/C16H21N7O/c1-24-9-12-22-13-14(23(12)8-4-7-20-16(18)19)10-5-2-3-6-11(10)21-15(13)17/h2-3,5-6H,4,7-9H2,1H3,(H2,17,21)(H4,18,19,20). The van der Waals surface area contributed by atoms with Gasteiger partial charge in [0.15, 0.2) is 11.8 Å². The summed E-state index contributed by atoms with van der Waals surface area (Å²) in [6, 6.07) is 7.88. The van der Waals surface area contributed by atoms with E-state index in [1.807, 2.05) is 24.3 Å². The number of nitrogens with zero attached hydrogens (tertiary/aromatic N) is 3. The second-order valence-electron chi connectivity index (χ2n) is 5.52. The molecule has 0 spiro atoms. The first-order valence-corrected chi connectivity index (χ1v) is 7.72. The van der Waals surface area contributed by atoms with Crippen molar-refractivity contribution in [2.75, 3.05) is 19.4 Å². The van der Waals surface area contributed by atoms with Crippen molar-refractivity contribution < 1.29 is 4.74 Å². The lowest BCUT2D eigenvalue weighted by Crippen LogP contribution is -2.31. The largest absolute Gasteiger partial charge is 0.382 e. The van der Waals surface area contributed by atoms with Crippen molar-refractivity contribution in [3.8, 4) is 0 Å². The number of aryl methyl sites for hydroxylation is 1. The van der Waals surface area contributed by atoms with Gasteiger partial charge in [0.1, 0.15) is 17.9 Å². The molecule has 0 saturated heterocycles. The number of imidazole rings is 1. The van der Waals surface area contributed by atoms with Crippen molar-refractivity contribution in [3.63, 3.8) is 0 Å². The minimum Gasteiger partial charge on any atom is -0.382 e. The maximum Gasteiger partial charge on any atom is 0.185 e. The van der Waals surface area contributed by atoms with Gasteiger partial charge in [-0.05, 0) is 12.5 Å². The summed E-state index contributed by atoms with van der Waals surface area (Å²) in [6.45, 7) is 1.71. The normalized spacial score (nSPS) is 11.2. The molecular weight excluding hydrogens is 306 g/mol. The summed E-state index contributed by atoms with van der Waals surface area (Å²) in [4.78, 5) is 9.07. The van der Waals surface area contributed by atoms with Crippen LogP contribution in [-0.2, 0) is 17.9 Å². The fourth-order valence-electron chi connectivity index (χ4n) is 2.85. The first-order chi connectivity index (χ1) is 11.6. The van der Waals surface area contributed by atoms with Crippen molar-refractivity contribution in [1.29, 1.82) is 5.41 Å². The molecule has 24 heavy (non-hydrogen) atoms. The van der Waals surface area contributed by atoms with Crippen LogP contribution in [0.5, 0.6) is 0 Å². The molecule has 6 N–H and O–H groups in total. The van der Waals surface area contributed by atoms with Crippen LogP contribution in [-0.4, -0.2) is 34.1 Å². The molecule has 2 aromatic heterocycles. The third-order valence-corrected chi connectivity index (χ3v) is 3.84. The number of benzene rings is 1. The SMILES string of the molecule is COCc1nc2c(N)nc3ccccc3c2n1CCCNC(=N)N. The molecule has 1 aromatic carbocycles. The van der Waals surface area contributed by atoms with Gasteiger partial charge in [-0.1, -0.05) is 18.2 Å². The van der Waals surface area contributed by atoms with Crippen LogP contribution < -0.4 is 16.8 Å². The van der Waals surface area contributed by atoms with Crippen LogP contribution in [0.4, 0.5) is 5.82 Å². The van der Waals surface area contributed by atoms with E-state index in [4.69, 9.17) is 21.6 Å². The highest BCUT2D eigenvalue weighted by atomic mass is 16.5. The summed E-state index contributed by atoms with van der Waals surface area (Å²) in [7, 11) is 1.64. The number of nitrogen functional groups attached to an aromatic ring is 1. The topological polar surface area (TPSA) is 128 Å². The van der Waals surface area contributed by atoms with Crippen LogP contribution >= 0.6 is 0 Å². The van der Waals surface area contributed by atoms with Crippen LogP contribution in [0.25, 0.3) is 21.9 Å². The van der Waals surface area contributed by atoms with E-state index in [0.717, 1.165) is 28.7 Å². The van der Waals surface area contributed by atoms with Crippen molar-refractivity contribution >= 4 is 33.7 Å². The van der Waals surface area contributed by atoms with Gasteiger partial charge in [0, 0.05) is 25.6 Å². The Morgan fingerprint density at radius 1 is 1.33 bits per heavy atom. The van der Waals surface area contributed by atoms with Crippen LogP contribution in [0.3, 0.4) is 0 Å². The Bertz CT molecular complexity index is 887. The number of hydrogen-bond donors (Lipinski definition) is 4. The lowest BCUT2D eigenvalue weighted by atomic mass is 10.2. The summed E-state index contributed by atoms with van der Waals surface area (Å²) in [5.74, 6) is 1.20. The number of rotatable bonds is 6. The Balaban J connectivity index is 2.09. The number of anilines is 1. The third-order valence-electron chi connectivity index (χ3n) is 3.84. The van der Waals surface area contributed by atoms with Crippen molar-refractivity contribution in [1.82, 2.24) is 19.9 Å². The van der Waals surface area contributed by atoms with E-state index in [2.05, 4.69) is 19.9 Å². The zero-order chi connectivity index (χ0) is 17.1. The molecule has 0 atom stereocenters. The van der Waals surface area contributed by atoms with E-state index in [0.29, 0.717) is 31.0 Å². The van der Waals surface area contributed by atoms with E-state index in [1.165, 1.54) is 0 Å². The number of pyridine rings is 1. The number of fused-ring (bicyclic) bond motifs is 3. The van der Waals surface area contributed by atoms with Gasteiger partial charge >= 0.3 is 0 Å². The predicted octanol–water partition coefficient (Wildman–Crippen LogP) is 1.19. The van der Waals surface area contributed by atoms with Crippen LogP contribution in [0.15, 0.2) is 24.3 Å². The minimum absolute atomic E-state index is 0.0264. The molecule has 0 aliphatic rings. The minimum atomic E-state index is -0.0264. The Hall–Kier alpha value is -2.87. The van der Waals surface area contributed by atoms with E-state index in [-0.39, 0.29) is 5.96 Å². The number of methoxy groups -OCH3 is 1. The summed E-state index contributed by atoms with van der Waals surface area (Å²) < 4.78 is 7.39. The maximum absolute atomic E-state index is 7.23. The number of aromatic nitrogens is 3. The molecule has 3 rings (SSSR count). The second-order valence-corrected chi connectivity index (χ2v) is 5.52. The molecule has 8 heteroatoms. The van der Waals surface area contributed by atoms with E-state index in [1.54, 1.807) is 7.11 Å². The number of hydrogen-bond acceptors (Lipinski definition) is 5. The van der Waals surface area contributed by atoms with Gasteiger partial charge in [-0.25, -0.2) is 9.97 Å². The molecule has 0 aliphatic carbocycles. The molecule has 3 aromatic rings. The number of ether oxygens (including phenoxy) is 1. The van der Waals surface area contributed by atoms with Crippen molar-refractivity contribution in [3.05, 3.63) is 30.1 Å². The fraction of sp³-hybridized carbons (Fsp3) is 0.312. The third kappa shape index (κ3) is 2.95. The second kappa shape index (κ2) is 6.71. The predicted molar refractivity (Wildman–Crippen MR) is 94.7 cm³/mol. The smallest absolute Gasteiger partial charge is 0.185 e. The summed E-state index contributed by atoms with van der Waals surface area (Å²) >= 11 is 0. The molecule has 0 amide bonds. The van der Waals surface area contributed by atoms with Gasteiger partial charge in [0.2, 0.25) is 0 Å². The molecule has 0 aliphatic heterocycles. The first kappa shape index (κ1) is 16.0. The molecular formula is C16H21N7O. The molecule has 0 fully saturated rings. The zero-order valence-corrected chi connectivity index (χ0v) is 13.5. The monoisotopic (exact) mass is 327 g/mol. The quantitative estimate of drug-likeness (QED) is 0.306. The van der Waals surface area contributed by atoms with E-state index >= 15 is 0 Å². The van der Waals surface area contributed by atoms with Gasteiger partial charge in [0.05, 0.1) is 11.0 Å². The van der Waals surface area contributed by atoms with E-state index < -0.39 is 0 Å². The fourth-order valence-corrected chi connectivity index (χ4v) is 2.85. The van der Waals surface area contributed by atoms with Gasteiger partial charge < -0.3 is 26.1 Å². The average Bonchev–Trinajstić information content (AvgIpc) is 2.91. The Labute approximate surface area is 139 Å². The lowest BCUT2D eigenvalue weighted by Gasteiger charge is -2.11. The number of para-hydroxylation sites is 1. The zero-order valence-electron chi connectivity index (χ0n) is 13.5. The summed E-state index contributed by atoms with van der Waals surface area (Å²) in [5.41, 5.74) is 13.9. The highest BCUT2D eigenvalue weighted by molar-refractivity contribution is 6.06. The lowest BCUT2D eigenvalue weighted by molar-refractivity contribution is 0.174. The molecule has 0 unspecified atom stereocenters. The Kier molecular flexibility index (Phi) is 4.48. The molecule has 126 valence electrons. The highest BCUT2D eigenvalue weighted by Gasteiger charge is 2.16. The van der Waals surface area contributed by atoms with Crippen LogP contribution in [0, 0.1) is 5.41 Å². The molecule has 0 saturated carbocycles. The maximum atomic E-state index is 7.23. The van der Waals surface area contributed by atoms with Gasteiger partial charge in [-0.15, -0.1) is 0 Å². The number of nitrogens with two attached hydrogens (primary N) is 2. The summed E-state index contributed by atoms with van der Waals surface area (Å²) in [5, 5.41) is 11.1. The van der Waals surface area contributed by atoms with Crippen LogP contribution in [0.1, 0.15) is 12.2 Å². The molecule has 0 radical (unpaired) electrons. The molecule has 2 heterocycles. The van der Waals surface area contributed by atoms with Gasteiger partial charge in [-0.2, -0.15) is 0 Å². The van der Waals surface area contributed by atoms with Gasteiger partial charge in [0.25, 0.3) is 0 Å². The van der Waals surface area contributed by atoms with Gasteiger partial charge in [-0.3, -0.25) is 5.41 Å². The van der Waals surface area contributed by atoms with E-state index in [9.17, 15) is 0 Å². The van der Waals surface area contributed by atoms with Crippen molar-refractivity contribution in [2.24, 2.45) is 5.73 Å². The number of nitrogens with one attached hydrogen (secondary N) is 2. The molecule has 8 nitrogen and oxygen atoms in total. The Morgan fingerprint density at radius 2 is 2.12 bits per heavy atom. The average molecular weight is 327 g/mol. The molecule has 0 bridgehead atoms. The van der Waals surface area contributed by atoms with Crippen LogP contribution in [0.2, 0.25) is 0 Å². The number of guanidine groups is 1. The Morgan fingerprint density at radius 3 is 2.88 bits per heavy atom. The highest BCUT2D eigenvalue weighted by Crippen LogP contribution is 2.29.